The number of amides is 1. The molecule has 4 N–H and O–H groups in total. The van der Waals surface area contributed by atoms with Crippen molar-refractivity contribution >= 4 is 11.6 Å². The van der Waals surface area contributed by atoms with Gasteiger partial charge in [-0.2, -0.15) is 5.10 Å². The maximum Gasteiger partial charge on any atom is 0.331 e. The van der Waals surface area contributed by atoms with Crippen LogP contribution < -0.4 is 16.7 Å². The summed E-state index contributed by atoms with van der Waals surface area (Å²) in [7, 11) is 0. The zero-order chi connectivity index (χ0) is 19.3. The number of carbonyl (C=O) groups is 1. The van der Waals surface area contributed by atoms with Gasteiger partial charge in [0.1, 0.15) is 11.3 Å². The lowest BCUT2D eigenvalue weighted by atomic mass is 10.2. The Bertz CT molecular complexity index is 958. The Morgan fingerprint density at radius 3 is 2.62 bits per heavy atom. The van der Waals surface area contributed by atoms with E-state index in [2.05, 4.69) is 15.5 Å². The van der Waals surface area contributed by atoms with Gasteiger partial charge < -0.3 is 10.2 Å². The Morgan fingerprint density at radius 2 is 1.96 bits per heavy atom. The van der Waals surface area contributed by atoms with Crippen LogP contribution in [0.4, 0.5) is 0 Å². The van der Waals surface area contributed by atoms with Crippen LogP contribution in [0.15, 0.2) is 39.0 Å². The van der Waals surface area contributed by atoms with Gasteiger partial charge in [-0.05, 0) is 25.5 Å². The highest BCUT2D eigenvalue weighted by molar-refractivity contribution is 6.02. The number of rotatable bonds is 6. The van der Waals surface area contributed by atoms with E-state index in [1.807, 2.05) is 6.92 Å². The number of H-pyrrole nitrogens is 1. The Balaban J connectivity index is 2.34. The number of aromatic amines is 1. The molecule has 0 aliphatic rings. The van der Waals surface area contributed by atoms with Crippen molar-refractivity contribution in [1.82, 2.24) is 15.0 Å². The number of aromatic nitrogens is 2. The molecule has 0 saturated carbocycles. The van der Waals surface area contributed by atoms with Gasteiger partial charge in [0.05, 0.1) is 11.3 Å². The number of nitrogens with one attached hydrogen (secondary N) is 2. The molecule has 0 aliphatic carbocycles. The first kappa shape index (κ1) is 19.0. The van der Waals surface area contributed by atoms with Gasteiger partial charge in [0.25, 0.3) is 11.5 Å². The smallest absolute Gasteiger partial charge is 0.331 e. The van der Waals surface area contributed by atoms with Crippen LogP contribution in [0, 0.1) is 0 Å². The molecule has 138 valence electrons. The summed E-state index contributed by atoms with van der Waals surface area (Å²) in [4.78, 5) is 38.1. The van der Waals surface area contributed by atoms with Crippen molar-refractivity contribution in [2.24, 2.45) is 5.10 Å². The first-order valence-corrected chi connectivity index (χ1v) is 8.05. The molecule has 0 unspecified atom stereocenters. The van der Waals surface area contributed by atoms with Crippen LogP contribution in [-0.2, 0) is 6.54 Å². The van der Waals surface area contributed by atoms with Crippen molar-refractivity contribution in [2.45, 2.75) is 33.2 Å². The Labute approximate surface area is 148 Å². The van der Waals surface area contributed by atoms with Crippen LogP contribution >= 0.6 is 0 Å². The number of para-hydroxylation sites is 1. The number of phenols is 1. The van der Waals surface area contributed by atoms with Crippen molar-refractivity contribution in [3.8, 4) is 11.6 Å². The Hall–Kier alpha value is -3.36. The maximum absolute atomic E-state index is 12.1. The van der Waals surface area contributed by atoms with E-state index < -0.39 is 23.0 Å². The minimum atomic E-state index is -0.807. The van der Waals surface area contributed by atoms with Crippen LogP contribution in [-0.4, -0.2) is 31.4 Å². The first-order chi connectivity index (χ1) is 12.4. The van der Waals surface area contributed by atoms with Gasteiger partial charge in [-0.15, -0.1) is 0 Å². The summed E-state index contributed by atoms with van der Waals surface area (Å²) >= 11 is 0. The van der Waals surface area contributed by atoms with E-state index in [4.69, 9.17) is 0 Å². The van der Waals surface area contributed by atoms with E-state index in [0.29, 0.717) is 6.42 Å². The molecular weight excluding hydrogens is 340 g/mol. The Kier molecular flexibility index (Phi) is 5.94. The number of hydrogen-bond donors (Lipinski definition) is 4. The third-order valence-electron chi connectivity index (χ3n) is 3.74. The summed E-state index contributed by atoms with van der Waals surface area (Å²) < 4.78 is 1.05. The number of nitrogens with zero attached hydrogens (tertiary/aromatic N) is 2. The van der Waals surface area contributed by atoms with Gasteiger partial charge in [-0.25, -0.2) is 10.2 Å². The predicted octanol–water partition coefficient (Wildman–Crippen LogP) is 0.902. The largest absolute Gasteiger partial charge is 0.507 e. The number of unbranched alkanes of at least 4 members (excludes halogenated alkanes) is 1. The van der Waals surface area contributed by atoms with Crippen LogP contribution in [0.5, 0.6) is 11.6 Å². The van der Waals surface area contributed by atoms with Crippen LogP contribution in [0.1, 0.15) is 42.6 Å². The molecule has 0 spiro atoms. The van der Waals surface area contributed by atoms with Crippen LogP contribution in [0.2, 0.25) is 0 Å². The topological polar surface area (TPSA) is 137 Å². The molecule has 0 atom stereocenters. The number of benzene rings is 1. The minimum Gasteiger partial charge on any atom is -0.507 e. The number of carbonyl (C=O) groups excluding carboxylic acids is 1. The molecule has 0 aliphatic heterocycles. The third-order valence-corrected chi connectivity index (χ3v) is 3.74. The quantitative estimate of drug-likeness (QED) is 0.448. The van der Waals surface area contributed by atoms with E-state index in [-0.39, 0.29) is 29.1 Å². The van der Waals surface area contributed by atoms with E-state index in [1.54, 1.807) is 12.1 Å². The lowest BCUT2D eigenvalue weighted by Crippen LogP contribution is -2.34. The van der Waals surface area contributed by atoms with Gasteiger partial charge in [-0.3, -0.25) is 19.1 Å². The van der Waals surface area contributed by atoms with Crippen molar-refractivity contribution in [3.05, 3.63) is 56.2 Å². The van der Waals surface area contributed by atoms with Gasteiger partial charge in [-0.1, -0.05) is 25.5 Å². The summed E-state index contributed by atoms with van der Waals surface area (Å²) in [5.74, 6) is -1.41. The van der Waals surface area contributed by atoms with E-state index >= 15 is 0 Å². The molecule has 1 amide bonds. The molecule has 1 aromatic heterocycles. The second-order valence-corrected chi connectivity index (χ2v) is 5.62. The fourth-order valence-electron chi connectivity index (χ4n) is 2.33. The fraction of sp³-hybridized carbons (Fsp3) is 0.294. The van der Waals surface area contributed by atoms with E-state index in [1.165, 1.54) is 19.1 Å². The van der Waals surface area contributed by atoms with Gasteiger partial charge in [0.15, 0.2) is 0 Å². The van der Waals surface area contributed by atoms with Crippen molar-refractivity contribution in [1.29, 1.82) is 0 Å². The second kappa shape index (κ2) is 8.15. The summed E-state index contributed by atoms with van der Waals surface area (Å²) in [6, 6.07) is 5.90. The average Bonchev–Trinajstić information content (AvgIpc) is 2.59. The molecule has 2 aromatic rings. The molecule has 2 rings (SSSR count). The molecule has 0 bridgehead atoms. The standard InChI is InChI=1S/C17H20N4O5/c1-3-4-9-21-16(25)13(15(24)18-17(21)26)10(2)19-20-14(23)11-7-5-6-8-12(11)22/h5-8,22,25H,3-4,9H2,1-2H3,(H,20,23)(H,18,24,26). The molecule has 0 fully saturated rings. The lowest BCUT2D eigenvalue weighted by molar-refractivity contribution is 0.0952. The van der Waals surface area contributed by atoms with Gasteiger partial charge in [0, 0.05) is 6.54 Å². The summed E-state index contributed by atoms with van der Waals surface area (Å²) in [5, 5.41) is 23.7. The molecule has 9 heteroatoms. The number of aromatic hydroxyl groups is 2. The predicted molar refractivity (Wildman–Crippen MR) is 95.7 cm³/mol. The number of hydrazone groups is 1. The van der Waals surface area contributed by atoms with Crippen molar-refractivity contribution in [3.63, 3.8) is 0 Å². The lowest BCUT2D eigenvalue weighted by Gasteiger charge is -2.11. The monoisotopic (exact) mass is 360 g/mol. The highest BCUT2D eigenvalue weighted by Gasteiger charge is 2.17. The molecule has 0 saturated heterocycles. The van der Waals surface area contributed by atoms with Crippen LogP contribution in [0.3, 0.4) is 0 Å². The average molecular weight is 360 g/mol. The molecule has 1 heterocycles. The second-order valence-electron chi connectivity index (χ2n) is 5.62. The van der Waals surface area contributed by atoms with E-state index in [9.17, 15) is 24.6 Å². The highest BCUT2D eigenvalue weighted by atomic mass is 16.3. The van der Waals surface area contributed by atoms with Crippen molar-refractivity contribution < 1.29 is 15.0 Å². The van der Waals surface area contributed by atoms with Crippen LogP contribution in [0.25, 0.3) is 0 Å². The normalized spacial score (nSPS) is 11.4. The van der Waals surface area contributed by atoms with Gasteiger partial charge in [0.2, 0.25) is 5.88 Å². The van der Waals surface area contributed by atoms with Crippen molar-refractivity contribution in [2.75, 3.05) is 0 Å². The Morgan fingerprint density at radius 1 is 1.27 bits per heavy atom. The maximum atomic E-state index is 12.1. The van der Waals surface area contributed by atoms with Gasteiger partial charge >= 0.3 is 5.69 Å². The summed E-state index contributed by atoms with van der Waals surface area (Å²) in [6.45, 7) is 3.57. The molecule has 26 heavy (non-hydrogen) atoms. The fourth-order valence-corrected chi connectivity index (χ4v) is 2.33. The number of hydrogen-bond acceptors (Lipinski definition) is 6. The summed E-state index contributed by atoms with van der Waals surface area (Å²) in [5.41, 5.74) is 0.499. The molecule has 9 nitrogen and oxygen atoms in total. The molecular formula is C17H20N4O5. The highest BCUT2D eigenvalue weighted by Crippen LogP contribution is 2.15. The number of phenolic OH excluding ortho intramolecular Hbond substituents is 1. The summed E-state index contributed by atoms with van der Waals surface area (Å²) in [6.07, 6.45) is 1.43. The SMILES string of the molecule is CCCCn1c(O)c(C(C)=NNC(=O)c2ccccc2O)c(=O)[nH]c1=O. The zero-order valence-corrected chi connectivity index (χ0v) is 14.4. The zero-order valence-electron chi connectivity index (χ0n) is 14.4. The molecule has 1 aromatic carbocycles. The first-order valence-electron chi connectivity index (χ1n) is 8.05. The molecule has 0 radical (unpaired) electrons. The van der Waals surface area contributed by atoms with E-state index in [0.717, 1.165) is 11.0 Å². The minimum absolute atomic E-state index is 0.00935. The third kappa shape index (κ3) is 4.00.